The summed E-state index contributed by atoms with van der Waals surface area (Å²) in [6.45, 7) is 1.91. The van der Waals surface area contributed by atoms with Crippen LogP contribution in [0.1, 0.15) is 36.0 Å². The summed E-state index contributed by atoms with van der Waals surface area (Å²) in [5.41, 5.74) is 7.11. The van der Waals surface area contributed by atoms with Crippen molar-refractivity contribution in [3.05, 3.63) is 65.2 Å². The minimum absolute atomic E-state index is 0.119. The van der Waals surface area contributed by atoms with Crippen molar-refractivity contribution in [1.82, 2.24) is 10.7 Å². The molecular formula is C22H22N4O3. The number of hydrogen-bond acceptors (Lipinski definition) is 4. The fraction of sp³-hybridized carbons (Fsp3) is 0.273. The van der Waals surface area contributed by atoms with Gasteiger partial charge in [-0.15, -0.1) is 0 Å². The molecule has 0 spiro atoms. The summed E-state index contributed by atoms with van der Waals surface area (Å²) in [4.78, 5) is 36.2. The molecule has 2 aliphatic rings. The highest BCUT2D eigenvalue weighted by atomic mass is 16.2. The van der Waals surface area contributed by atoms with Crippen molar-refractivity contribution >= 4 is 29.1 Å². The van der Waals surface area contributed by atoms with Gasteiger partial charge in [0.05, 0.1) is 5.71 Å². The summed E-state index contributed by atoms with van der Waals surface area (Å²) in [6.07, 6.45) is 1.48. The van der Waals surface area contributed by atoms with Crippen LogP contribution in [0.3, 0.4) is 0 Å². The van der Waals surface area contributed by atoms with Crippen LogP contribution < -0.4 is 16.1 Å². The summed E-state index contributed by atoms with van der Waals surface area (Å²) in [6, 6.07) is 15.2. The maximum atomic E-state index is 12.8. The largest absolute Gasteiger partial charge is 0.355 e. The average Bonchev–Trinajstić information content (AvgIpc) is 3.29. The first-order valence-electron chi connectivity index (χ1n) is 9.63. The van der Waals surface area contributed by atoms with Crippen LogP contribution in [0.15, 0.2) is 53.6 Å². The third-order valence-electron chi connectivity index (χ3n) is 5.36. The number of rotatable bonds is 4. The lowest BCUT2D eigenvalue weighted by Gasteiger charge is -2.15. The minimum atomic E-state index is -0.801. The molecule has 3 N–H and O–H groups in total. The highest BCUT2D eigenvalue weighted by molar-refractivity contribution is 6.07. The molecule has 1 fully saturated rings. The minimum Gasteiger partial charge on any atom is -0.355 e. The van der Waals surface area contributed by atoms with E-state index in [1.807, 2.05) is 48.5 Å². The van der Waals surface area contributed by atoms with E-state index in [9.17, 15) is 14.4 Å². The van der Waals surface area contributed by atoms with Gasteiger partial charge in [-0.05, 0) is 36.1 Å². The predicted octanol–water partition coefficient (Wildman–Crippen LogP) is 1.94. The van der Waals surface area contributed by atoms with Crippen LogP contribution in [0.2, 0.25) is 0 Å². The second-order valence-corrected chi connectivity index (χ2v) is 7.33. The third-order valence-corrected chi connectivity index (χ3v) is 5.36. The molecule has 2 aromatic carbocycles. The molecule has 2 aromatic rings. The fourth-order valence-electron chi connectivity index (χ4n) is 3.99. The van der Waals surface area contributed by atoms with Crippen molar-refractivity contribution in [1.29, 1.82) is 0 Å². The van der Waals surface area contributed by atoms with Gasteiger partial charge in [-0.1, -0.05) is 36.4 Å². The zero-order valence-corrected chi connectivity index (χ0v) is 16.1. The van der Waals surface area contributed by atoms with Crippen molar-refractivity contribution in [2.24, 2.45) is 11.0 Å². The molecule has 3 amide bonds. The zero-order chi connectivity index (χ0) is 20.4. The Morgan fingerprint density at radius 1 is 1.10 bits per heavy atom. The average molecular weight is 390 g/mol. The number of aryl methyl sites for hydroxylation is 1. The van der Waals surface area contributed by atoms with Gasteiger partial charge in [-0.3, -0.25) is 14.4 Å². The first kappa shape index (κ1) is 18.9. The Hall–Kier alpha value is -3.48. The highest BCUT2D eigenvalue weighted by Gasteiger charge is 2.41. The van der Waals surface area contributed by atoms with E-state index in [0.29, 0.717) is 13.0 Å². The van der Waals surface area contributed by atoms with Crippen molar-refractivity contribution in [3.63, 3.8) is 0 Å². The van der Waals surface area contributed by atoms with Gasteiger partial charge in [0.25, 0.3) is 5.91 Å². The zero-order valence-electron chi connectivity index (χ0n) is 16.1. The van der Waals surface area contributed by atoms with Gasteiger partial charge in [0.1, 0.15) is 5.92 Å². The number of amides is 3. The summed E-state index contributed by atoms with van der Waals surface area (Å²) >= 11 is 0. The molecule has 1 aliphatic carbocycles. The molecule has 29 heavy (non-hydrogen) atoms. The monoisotopic (exact) mass is 390 g/mol. The number of fused-ring (bicyclic) bond motifs is 1. The van der Waals surface area contributed by atoms with E-state index in [1.54, 1.807) is 0 Å². The van der Waals surface area contributed by atoms with E-state index < -0.39 is 11.8 Å². The van der Waals surface area contributed by atoms with Crippen LogP contribution in [0.25, 0.3) is 0 Å². The van der Waals surface area contributed by atoms with Gasteiger partial charge < -0.3 is 10.6 Å². The van der Waals surface area contributed by atoms with Crippen molar-refractivity contribution < 1.29 is 14.4 Å². The molecule has 1 heterocycles. The normalized spacial score (nSPS) is 21.6. The second-order valence-electron chi connectivity index (χ2n) is 7.33. The highest BCUT2D eigenvalue weighted by Crippen LogP contribution is 2.29. The maximum Gasteiger partial charge on any atom is 0.253 e. The van der Waals surface area contributed by atoms with Gasteiger partial charge >= 0.3 is 0 Å². The van der Waals surface area contributed by atoms with Gasteiger partial charge in [-0.2, -0.15) is 5.10 Å². The van der Waals surface area contributed by atoms with Crippen LogP contribution in [0.5, 0.6) is 0 Å². The van der Waals surface area contributed by atoms with Crippen LogP contribution in [-0.4, -0.2) is 30.0 Å². The van der Waals surface area contributed by atoms with E-state index in [0.717, 1.165) is 34.5 Å². The first-order valence-corrected chi connectivity index (χ1v) is 9.63. The Morgan fingerprint density at radius 3 is 2.66 bits per heavy atom. The Bertz CT molecular complexity index is 1000. The molecule has 0 saturated carbocycles. The number of benzene rings is 2. The van der Waals surface area contributed by atoms with Gasteiger partial charge in [0.2, 0.25) is 11.8 Å². The predicted molar refractivity (Wildman–Crippen MR) is 109 cm³/mol. The number of anilines is 1. The second kappa shape index (κ2) is 7.87. The molecule has 0 bridgehead atoms. The lowest BCUT2D eigenvalue weighted by molar-refractivity contribution is -0.133. The number of carbonyl (C=O) groups excluding carboxylic acids is 3. The number of carbonyl (C=O) groups is 3. The lowest BCUT2D eigenvalue weighted by Crippen LogP contribution is -2.35. The van der Waals surface area contributed by atoms with Crippen LogP contribution in [-0.2, 0) is 20.8 Å². The van der Waals surface area contributed by atoms with Crippen LogP contribution in [0.4, 0.5) is 5.69 Å². The smallest absolute Gasteiger partial charge is 0.253 e. The Labute approximate surface area is 168 Å². The van der Waals surface area contributed by atoms with E-state index >= 15 is 0 Å². The number of hydrogen-bond donors (Lipinski definition) is 3. The standard InChI is InChI=1S/C22H22N4O3/c1-13(27)24-16-8-9-17-15(11-16)7-10-19(17)25-26-22(29)20-18(12-23-21(20)28)14-5-3-2-4-6-14/h2-6,8-9,11,18,20H,7,10,12H2,1H3,(H,23,28)(H,24,27)(H,26,29)/b25-19-. The van der Waals surface area contributed by atoms with Crippen molar-refractivity contribution in [3.8, 4) is 0 Å². The van der Waals surface area contributed by atoms with E-state index in [-0.39, 0.29) is 17.7 Å². The molecule has 2 unspecified atom stereocenters. The molecule has 7 nitrogen and oxygen atoms in total. The van der Waals surface area contributed by atoms with Gasteiger partial charge in [-0.25, -0.2) is 5.43 Å². The quantitative estimate of drug-likeness (QED) is 0.549. The summed E-state index contributed by atoms with van der Waals surface area (Å²) in [5, 5.41) is 9.86. The molecule has 0 radical (unpaired) electrons. The Balaban J connectivity index is 1.49. The number of hydrazone groups is 1. The summed E-state index contributed by atoms with van der Waals surface area (Å²) < 4.78 is 0. The van der Waals surface area contributed by atoms with E-state index in [1.165, 1.54) is 6.92 Å². The molecule has 7 heteroatoms. The lowest BCUT2D eigenvalue weighted by atomic mass is 9.88. The molecular weight excluding hydrogens is 368 g/mol. The number of nitrogens with one attached hydrogen (secondary N) is 3. The molecule has 148 valence electrons. The first-order chi connectivity index (χ1) is 14.0. The van der Waals surface area contributed by atoms with Crippen molar-refractivity contribution in [2.75, 3.05) is 11.9 Å². The van der Waals surface area contributed by atoms with Gasteiger partial charge in [0, 0.05) is 30.6 Å². The maximum absolute atomic E-state index is 12.8. The van der Waals surface area contributed by atoms with E-state index in [4.69, 9.17) is 0 Å². The van der Waals surface area contributed by atoms with Crippen LogP contribution >= 0.6 is 0 Å². The van der Waals surface area contributed by atoms with E-state index in [2.05, 4.69) is 21.2 Å². The molecule has 0 aromatic heterocycles. The third kappa shape index (κ3) is 3.89. The topological polar surface area (TPSA) is 99.7 Å². The van der Waals surface area contributed by atoms with Crippen molar-refractivity contribution in [2.45, 2.75) is 25.7 Å². The Kier molecular flexibility index (Phi) is 5.12. The Morgan fingerprint density at radius 2 is 1.90 bits per heavy atom. The molecule has 4 rings (SSSR count). The molecule has 1 aliphatic heterocycles. The van der Waals surface area contributed by atoms with Crippen LogP contribution in [0, 0.1) is 5.92 Å². The number of nitrogens with zero attached hydrogens (tertiary/aromatic N) is 1. The summed E-state index contributed by atoms with van der Waals surface area (Å²) in [7, 11) is 0. The molecule has 2 atom stereocenters. The molecule has 1 saturated heterocycles. The van der Waals surface area contributed by atoms with Gasteiger partial charge in [0.15, 0.2) is 0 Å². The fourth-order valence-corrected chi connectivity index (χ4v) is 3.99. The SMILES string of the molecule is CC(=O)Nc1ccc2c(c1)CC/C2=N/NC(=O)C1C(=O)NCC1c1ccccc1. The summed E-state index contributed by atoms with van der Waals surface area (Å²) in [5.74, 6) is -1.80.